The molecule has 178 valence electrons. The van der Waals surface area contributed by atoms with Crippen molar-refractivity contribution in [3.8, 4) is 17.0 Å². The average Bonchev–Trinajstić information content (AvgIpc) is 3.32. The van der Waals surface area contributed by atoms with E-state index in [2.05, 4.69) is 28.5 Å². The van der Waals surface area contributed by atoms with Gasteiger partial charge < -0.3 is 15.2 Å². The molecular weight excluding hydrogens is 435 g/mol. The molecule has 2 bridgehead atoms. The van der Waals surface area contributed by atoms with Gasteiger partial charge in [-0.2, -0.15) is 5.10 Å². The van der Waals surface area contributed by atoms with Gasteiger partial charge in [0.1, 0.15) is 0 Å². The van der Waals surface area contributed by atoms with E-state index in [0.717, 1.165) is 18.8 Å². The van der Waals surface area contributed by atoms with Crippen LogP contribution in [0.25, 0.3) is 11.3 Å². The lowest BCUT2D eigenvalue weighted by molar-refractivity contribution is -0.274. The Balaban J connectivity index is 1.22. The SMILES string of the molecule is CC(C)n1nc(-c2cnc(N)c(OC(F)(F)F)c2)cc1[C@@H]1[C@@H]2C[C@H](N3C[C@@H]4C[C@H]3CO4)C[C@@H]21. The number of nitrogens with two attached hydrogens (primary N) is 1. The van der Waals surface area contributed by atoms with Crippen LogP contribution in [0, 0.1) is 11.8 Å². The van der Waals surface area contributed by atoms with Crippen LogP contribution in [0.15, 0.2) is 18.3 Å². The van der Waals surface area contributed by atoms with Crippen LogP contribution in [0.4, 0.5) is 19.0 Å². The molecule has 2 aromatic rings. The second-order valence-electron chi connectivity index (χ2n) is 10.2. The summed E-state index contributed by atoms with van der Waals surface area (Å²) in [6.07, 6.45) is 0.610. The molecule has 10 heteroatoms. The number of ether oxygens (including phenoxy) is 2. The van der Waals surface area contributed by atoms with E-state index in [9.17, 15) is 13.2 Å². The van der Waals surface area contributed by atoms with Gasteiger partial charge in [-0.1, -0.05) is 0 Å². The van der Waals surface area contributed by atoms with Crippen LogP contribution in [0.3, 0.4) is 0 Å². The smallest absolute Gasteiger partial charge is 0.402 e. The first kappa shape index (κ1) is 21.2. The Morgan fingerprint density at radius 3 is 2.52 bits per heavy atom. The van der Waals surface area contributed by atoms with Crippen LogP contribution in [-0.4, -0.2) is 57.4 Å². The monoisotopic (exact) mass is 463 g/mol. The predicted octanol–water partition coefficient (Wildman–Crippen LogP) is 3.97. The highest BCUT2D eigenvalue weighted by molar-refractivity contribution is 5.64. The largest absolute Gasteiger partial charge is 0.573 e. The Bertz CT molecular complexity index is 1060. The quantitative estimate of drug-likeness (QED) is 0.723. The topological polar surface area (TPSA) is 78.4 Å². The minimum Gasteiger partial charge on any atom is -0.402 e. The molecule has 4 heterocycles. The third-order valence-corrected chi connectivity index (χ3v) is 7.83. The maximum absolute atomic E-state index is 12.7. The summed E-state index contributed by atoms with van der Waals surface area (Å²) in [7, 11) is 0. The number of halogens is 3. The van der Waals surface area contributed by atoms with Gasteiger partial charge in [-0.25, -0.2) is 4.98 Å². The Morgan fingerprint density at radius 1 is 1.15 bits per heavy atom. The van der Waals surface area contributed by atoms with Crippen molar-refractivity contribution in [1.82, 2.24) is 19.7 Å². The number of rotatable bonds is 5. The van der Waals surface area contributed by atoms with Crippen molar-refractivity contribution in [2.45, 2.75) is 69.6 Å². The summed E-state index contributed by atoms with van der Waals surface area (Å²) in [6.45, 7) is 6.09. The molecule has 2 saturated heterocycles. The molecule has 0 unspecified atom stereocenters. The second kappa shape index (κ2) is 7.33. The predicted molar refractivity (Wildman–Crippen MR) is 115 cm³/mol. The molecular formula is C23H28F3N5O2. The number of aromatic nitrogens is 3. The Kier molecular flexibility index (Phi) is 4.72. The van der Waals surface area contributed by atoms with Gasteiger partial charge in [-0.3, -0.25) is 9.58 Å². The van der Waals surface area contributed by atoms with Crippen molar-refractivity contribution < 1.29 is 22.6 Å². The molecule has 2 aliphatic heterocycles. The molecule has 0 radical (unpaired) electrons. The van der Waals surface area contributed by atoms with E-state index in [-0.39, 0.29) is 11.9 Å². The van der Waals surface area contributed by atoms with Crippen molar-refractivity contribution in [3.63, 3.8) is 0 Å². The standard InChI is InChI=1S/C23H28F3N5O2/c1-11(2)31-19(7-18(29-31)12-3-20(22(27)28-8-12)33-23(24,25)26)21-16-5-13(6-17(16)21)30-9-15-4-14(30)10-32-15/h3,7-8,11,13-17,21H,4-6,9-10H2,1-2H3,(H2,27,28)/t13-,14-,15-,16+,17-,21+/m0/s1. The van der Waals surface area contributed by atoms with E-state index in [4.69, 9.17) is 15.6 Å². The van der Waals surface area contributed by atoms with Crippen molar-refractivity contribution in [2.75, 3.05) is 18.9 Å². The molecule has 2 aliphatic carbocycles. The van der Waals surface area contributed by atoms with Crippen LogP contribution < -0.4 is 10.5 Å². The first-order valence-corrected chi connectivity index (χ1v) is 11.7. The number of fused-ring (bicyclic) bond motifs is 3. The fraction of sp³-hybridized carbons (Fsp3) is 0.652. The van der Waals surface area contributed by atoms with Gasteiger partial charge in [0.25, 0.3) is 0 Å². The van der Waals surface area contributed by atoms with Crippen molar-refractivity contribution >= 4 is 5.82 Å². The molecule has 4 fully saturated rings. The minimum absolute atomic E-state index is 0.143. The van der Waals surface area contributed by atoms with Gasteiger partial charge in [0.05, 0.1) is 18.4 Å². The highest BCUT2D eigenvalue weighted by atomic mass is 19.4. The molecule has 0 aromatic carbocycles. The molecule has 7 nitrogen and oxygen atoms in total. The zero-order chi connectivity index (χ0) is 23.1. The number of alkyl halides is 3. The average molecular weight is 464 g/mol. The third-order valence-electron chi connectivity index (χ3n) is 7.83. The second-order valence-corrected chi connectivity index (χ2v) is 10.2. The van der Waals surface area contributed by atoms with Crippen LogP contribution in [0.2, 0.25) is 0 Å². The van der Waals surface area contributed by atoms with Gasteiger partial charge in [-0.15, -0.1) is 13.2 Å². The molecule has 0 spiro atoms. The summed E-state index contributed by atoms with van der Waals surface area (Å²) in [5.74, 6) is 0.934. The fourth-order valence-electron chi connectivity index (χ4n) is 6.41. The van der Waals surface area contributed by atoms with Crippen LogP contribution in [0.5, 0.6) is 5.75 Å². The molecule has 2 N–H and O–H groups in total. The number of hydrogen-bond donors (Lipinski definition) is 1. The van der Waals surface area contributed by atoms with E-state index in [1.807, 2.05) is 10.7 Å². The van der Waals surface area contributed by atoms with E-state index in [0.29, 0.717) is 47.2 Å². The number of likely N-dealkylation sites (tertiary alicyclic amines) is 1. The molecule has 0 amide bonds. The summed E-state index contributed by atoms with van der Waals surface area (Å²) < 4.78 is 50.0. The zero-order valence-electron chi connectivity index (χ0n) is 18.6. The molecule has 6 atom stereocenters. The molecule has 33 heavy (non-hydrogen) atoms. The number of hydrogen-bond acceptors (Lipinski definition) is 6. The summed E-state index contributed by atoms with van der Waals surface area (Å²) in [5, 5.41) is 4.74. The van der Waals surface area contributed by atoms with E-state index < -0.39 is 12.1 Å². The lowest BCUT2D eigenvalue weighted by Gasteiger charge is -2.33. The number of morpholine rings is 1. The lowest BCUT2D eigenvalue weighted by Crippen LogP contribution is -2.43. The molecule has 6 rings (SSSR count). The maximum Gasteiger partial charge on any atom is 0.573 e. The summed E-state index contributed by atoms with van der Waals surface area (Å²) in [4.78, 5) is 6.57. The number of anilines is 1. The van der Waals surface area contributed by atoms with Gasteiger partial charge in [0.2, 0.25) is 0 Å². The Hall–Kier alpha value is -2.33. The normalized spacial score (nSPS) is 33.2. The van der Waals surface area contributed by atoms with Gasteiger partial charge in [-0.05, 0) is 57.1 Å². The highest BCUT2D eigenvalue weighted by Gasteiger charge is 2.60. The summed E-state index contributed by atoms with van der Waals surface area (Å²) in [6, 6.07) is 4.66. The maximum atomic E-state index is 12.7. The van der Waals surface area contributed by atoms with Crippen molar-refractivity contribution in [3.05, 3.63) is 24.0 Å². The Labute approximate surface area is 190 Å². The van der Waals surface area contributed by atoms with Crippen molar-refractivity contribution in [2.24, 2.45) is 11.8 Å². The molecule has 2 aromatic heterocycles. The molecule has 2 saturated carbocycles. The van der Waals surface area contributed by atoms with Crippen LogP contribution in [-0.2, 0) is 4.74 Å². The number of pyridine rings is 1. The minimum atomic E-state index is -4.83. The van der Waals surface area contributed by atoms with Gasteiger partial charge in [0, 0.05) is 48.0 Å². The lowest BCUT2D eigenvalue weighted by atomic mass is 10.0. The van der Waals surface area contributed by atoms with Gasteiger partial charge in [0.15, 0.2) is 11.6 Å². The highest BCUT2D eigenvalue weighted by Crippen LogP contribution is 2.64. The zero-order valence-corrected chi connectivity index (χ0v) is 18.6. The third kappa shape index (κ3) is 3.67. The van der Waals surface area contributed by atoms with E-state index in [1.165, 1.54) is 31.5 Å². The van der Waals surface area contributed by atoms with Crippen LogP contribution in [0.1, 0.15) is 50.8 Å². The Morgan fingerprint density at radius 2 is 1.91 bits per heavy atom. The number of nitrogen functional groups attached to an aromatic ring is 1. The molecule has 4 aliphatic rings. The van der Waals surface area contributed by atoms with Crippen molar-refractivity contribution in [1.29, 1.82) is 0 Å². The summed E-state index contributed by atoms with van der Waals surface area (Å²) in [5.41, 5.74) is 7.80. The fourth-order valence-corrected chi connectivity index (χ4v) is 6.41. The first-order valence-electron chi connectivity index (χ1n) is 11.7. The number of nitrogens with zero attached hydrogens (tertiary/aromatic N) is 4. The van der Waals surface area contributed by atoms with E-state index in [1.54, 1.807) is 0 Å². The van der Waals surface area contributed by atoms with Crippen LogP contribution >= 0.6 is 0 Å². The van der Waals surface area contributed by atoms with Gasteiger partial charge >= 0.3 is 6.36 Å². The van der Waals surface area contributed by atoms with E-state index >= 15 is 0 Å². The first-order chi connectivity index (χ1) is 15.7. The summed E-state index contributed by atoms with van der Waals surface area (Å²) >= 11 is 0.